The molecule has 72 valence electrons. The van der Waals surface area contributed by atoms with Crippen LogP contribution in [0.3, 0.4) is 0 Å². The van der Waals surface area contributed by atoms with Gasteiger partial charge in [0.2, 0.25) is 5.12 Å². The molecule has 1 aromatic carbocycles. The highest BCUT2D eigenvalue weighted by Gasteiger charge is 2.31. The number of Topliss-reactive ketones (excluding diaryl/α,β-unsaturated/α-hetero) is 1. The van der Waals surface area contributed by atoms with Gasteiger partial charge in [-0.15, -0.1) is 12.6 Å². The van der Waals surface area contributed by atoms with Crippen molar-refractivity contribution >= 4 is 23.5 Å². The molecular formula is C11H10O2S. The minimum absolute atomic E-state index is 0.0861. The van der Waals surface area contributed by atoms with Gasteiger partial charge in [-0.1, -0.05) is 18.2 Å². The Labute approximate surface area is 87.7 Å². The Hall–Kier alpha value is -1.09. The van der Waals surface area contributed by atoms with Crippen LogP contribution < -0.4 is 0 Å². The molecule has 2 nitrogen and oxygen atoms in total. The van der Waals surface area contributed by atoms with Crippen molar-refractivity contribution in [3.8, 4) is 0 Å². The molecule has 0 bridgehead atoms. The molecule has 1 aromatic rings. The predicted octanol–water partition coefficient (Wildman–Crippen LogP) is 2.35. The van der Waals surface area contributed by atoms with Crippen LogP contribution in [-0.4, -0.2) is 10.9 Å². The van der Waals surface area contributed by atoms with Crippen molar-refractivity contribution in [3.63, 3.8) is 0 Å². The van der Waals surface area contributed by atoms with Gasteiger partial charge in [0.25, 0.3) is 0 Å². The molecule has 0 atom stereocenters. The van der Waals surface area contributed by atoms with E-state index in [2.05, 4.69) is 12.6 Å². The number of carbonyl (C=O) groups is 2. The number of thiol groups is 1. The van der Waals surface area contributed by atoms with Crippen molar-refractivity contribution in [2.75, 3.05) is 0 Å². The molecule has 1 fully saturated rings. The summed E-state index contributed by atoms with van der Waals surface area (Å²) in [6.45, 7) is 0. The molecule has 3 heteroatoms. The number of ketones is 1. The number of carbonyl (C=O) groups excluding carboxylic acids is 2. The van der Waals surface area contributed by atoms with Gasteiger partial charge in [-0.05, 0) is 18.9 Å². The normalized spacial score (nSPS) is 15.2. The number of benzene rings is 1. The third-order valence-corrected chi connectivity index (χ3v) is 2.61. The SMILES string of the molecule is O=C(S)c1ccccc1C(=O)C1CC1. The molecule has 0 aliphatic heterocycles. The van der Waals surface area contributed by atoms with E-state index in [1.54, 1.807) is 24.3 Å². The second-order valence-corrected chi connectivity index (χ2v) is 3.90. The van der Waals surface area contributed by atoms with Gasteiger partial charge in [0.05, 0.1) is 0 Å². The average Bonchev–Trinajstić information content (AvgIpc) is 3.00. The van der Waals surface area contributed by atoms with Crippen molar-refractivity contribution in [1.82, 2.24) is 0 Å². The van der Waals surface area contributed by atoms with E-state index in [0.717, 1.165) is 12.8 Å². The molecule has 0 radical (unpaired) electrons. The minimum Gasteiger partial charge on any atom is -0.294 e. The Kier molecular flexibility index (Phi) is 2.42. The molecule has 0 saturated heterocycles. The van der Waals surface area contributed by atoms with Crippen molar-refractivity contribution in [3.05, 3.63) is 35.4 Å². The summed E-state index contributed by atoms with van der Waals surface area (Å²) in [7, 11) is 0. The van der Waals surface area contributed by atoms with Crippen molar-refractivity contribution in [2.45, 2.75) is 12.8 Å². The summed E-state index contributed by atoms with van der Waals surface area (Å²) in [6, 6.07) is 6.86. The first-order chi connectivity index (χ1) is 6.70. The molecule has 0 heterocycles. The van der Waals surface area contributed by atoms with Crippen molar-refractivity contribution < 1.29 is 9.59 Å². The minimum atomic E-state index is -0.338. The first-order valence-electron chi connectivity index (χ1n) is 4.56. The maximum atomic E-state index is 11.7. The molecule has 14 heavy (non-hydrogen) atoms. The van der Waals surface area contributed by atoms with Gasteiger partial charge in [0, 0.05) is 17.0 Å². The lowest BCUT2D eigenvalue weighted by Crippen LogP contribution is -2.07. The first-order valence-corrected chi connectivity index (χ1v) is 5.01. The van der Waals surface area contributed by atoms with Crippen LogP contribution in [0.5, 0.6) is 0 Å². The predicted molar refractivity (Wildman–Crippen MR) is 56.8 cm³/mol. The van der Waals surface area contributed by atoms with Crippen LogP contribution in [0.1, 0.15) is 33.6 Å². The largest absolute Gasteiger partial charge is 0.294 e. The Morgan fingerprint density at radius 2 is 1.71 bits per heavy atom. The van der Waals surface area contributed by atoms with Gasteiger partial charge >= 0.3 is 0 Å². The number of hydrogen-bond donors (Lipinski definition) is 1. The zero-order valence-corrected chi connectivity index (χ0v) is 8.46. The highest BCUT2D eigenvalue weighted by atomic mass is 32.1. The van der Waals surface area contributed by atoms with Gasteiger partial charge in [-0.2, -0.15) is 0 Å². The fourth-order valence-corrected chi connectivity index (χ4v) is 1.64. The van der Waals surface area contributed by atoms with E-state index in [1.165, 1.54) is 0 Å². The van der Waals surface area contributed by atoms with Gasteiger partial charge in [0.15, 0.2) is 5.78 Å². The van der Waals surface area contributed by atoms with Crippen LogP contribution >= 0.6 is 12.6 Å². The summed E-state index contributed by atoms with van der Waals surface area (Å²) in [6.07, 6.45) is 1.90. The summed E-state index contributed by atoms with van der Waals surface area (Å²) >= 11 is 3.75. The fourth-order valence-electron chi connectivity index (χ4n) is 1.45. The van der Waals surface area contributed by atoms with Crippen LogP contribution in [0.15, 0.2) is 24.3 Å². The lowest BCUT2D eigenvalue weighted by atomic mass is 10.0. The first kappa shape index (κ1) is 9.46. The third kappa shape index (κ3) is 1.73. The highest BCUT2D eigenvalue weighted by molar-refractivity contribution is 7.97. The quantitative estimate of drug-likeness (QED) is 0.608. The third-order valence-electron chi connectivity index (χ3n) is 2.37. The van der Waals surface area contributed by atoms with E-state index in [0.29, 0.717) is 11.1 Å². The zero-order chi connectivity index (χ0) is 10.1. The summed E-state index contributed by atoms with van der Waals surface area (Å²) in [5.74, 6) is 0.229. The molecule has 0 spiro atoms. The highest BCUT2D eigenvalue weighted by Crippen LogP contribution is 2.33. The Morgan fingerprint density at radius 3 is 2.21 bits per heavy atom. The molecule has 0 N–H and O–H groups in total. The lowest BCUT2D eigenvalue weighted by molar-refractivity contribution is 0.0960. The van der Waals surface area contributed by atoms with Gasteiger partial charge in [-0.3, -0.25) is 9.59 Å². The standard InChI is InChI=1S/C11H10O2S/c12-10(7-5-6-7)8-3-1-2-4-9(8)11(13)14/h1-4,7H,5-6H2,(H,13,14). The Bertz CT molecular complexity index is 394. The molecule has 0 unspecified atom stereocenters. The molecule has 1 aliphatic rings. The Balaban J connectivity index is 2.40. The van der Waals surface area contributed by atoms with Crippen LogP contribution in [0.4, 0.5) is 0 Å². The average molecular weight is 206 g/mol. The van der Waals surface area contributed by atoms with E-state index in [9.17, 15) is 9.59 Å². The van der Waals surface area contributed by atoms with E-state index in [1.807, 2.05) is 0 Å². The number of rotatable bonds is 3. The summed E-state index contributed by atoms with van der Waals surface area (Å²) in [5, 5.41) is -0.338. The van der Waals surface area contributed by atoms with Gasteiger partial charge in [0.1, 0.15) is 0 Å². The van der Waals surface area contributed by atoms with E-state index >= 15 is 0 Å². The van der Waals surface area contributed by atoms with Crippen LogP contribution in [-0.2, 0) is 0 Å². The fraction of sp³-hybridized carbons (Fsp3) is 0.273. The summed E-state index contributed by atoms with van der Waals surface area (Å²) in [5.41, 5.74) is 0.947. The molecule has 2 rings (SSSR count). The van der Waals surface area contributed by atoms with Crippen molar-refractivity contribution in [2.24, 2.45) is 5.92 Å². The molecule has 1 saturated carbocycles. The number of hydrogen-bond acceptors (Lipinski definition) is 2. The summed E-state index contributed by atoms with van der Waals surface area (Å²) < 4.78 is 0. The lowest BCUT2D eigenvalue weighted by Gasteiger charge is -2.03. The molecule has 1 aliphatic carbocycles. The van der Waals surface area contributed by atoms with Gasteiger partial charge in [-0.25, -0.2) is 0 Å². The Morgan fingerprint density at radius 1 is 1.14 bits per heavy atom. The second kappa shape index (κ2) is 3.58. The zero-order valence-electron chi connectivity index (χ0n) is 7.56. The monoisotopic (exact) mass is 206 g/mol. The molecule has 0 aromatic heterocycles. The van der Waals surface area contributed by atoms with E-state index in [-0.39, 0.29) is 16.8 Å². The maximum absolute atomic E-state index is 11.7. The van der Waals surface area contributed by atoms with Crippen LogP contribution in [0, 0.1) is 5.92 Å². The second-order valence-electron chi connectivity index (χ2n) is 3.49. The van der Waals surface area contributed by atoms with E-state index < -0.39 is 0 Å². The smallest absolute Gasteiger partial charge is 0.217 e. The van der Waals surface area contributed by atoms with Crippen molar-refractivity contribution in [1.29, 1.82) is 0 Å². The maximum Gasteiger partial charge on any atom is 0.217 e. The molecule has 0 amide bonds. The topological polar surface area (TPSA) is 34.1 Å². The van der Waals surface area contributed by atoms with Crippen LogP contribution in [0.2, 0.25) is 0 Å². The van der Waals surface area contributed by atoms with Crippen LogP contribution in [0.25, 0.3) is 0 Å². The summed E-state index contributed by atoms with van der Waals surface area (Å²) in [4.78, 5) is 22.9. The van der Waals surface area contributed by atoms with Gasteiger partial charge < -0.3 is 0 Å². The van der Waals surface area contributed by atoms with E-state index in [4.69, 9.17) is 0 Å². The molecular weight excluding hydrogens is 196 g/mol.